The van der Waals surface area contributed by atoms with Crippen molar-refractivity contribution in [1.29, 1.82) is 0 Å². The summed E-state index contributed by atoms with van der Waals surface area (Å²) in [5, 5.41) is 12.9. The first-order chi connectivity index (χ1) is 9.67. The quantitative estimate of drug-likeness (QED) is 0.857. The number of aliphatic hydroxyl groups is 1. The number of aliphatic hydroxyl groups excluding tert-OH is 1. The van der Waals surface area contributed by atoms with Crippen LogP contribution in [0.2, 0.25) is 5.02 Å². The topological polar surface area (TPSA) is 55.5 Å². The van der Waals surface area contributed by atoms with E-state index in [9.17, 15) is 5.11 Å². The second kappa shape index (κ2) is 7.09. The lowest BCUT2D eigenvalue weighted by Gasteiger charge is -2.21. The number of benzene rings is 1. The molecule has 0 saturated heterocycles. The highest BCUT2D eigenvalue weighted by Gasteiger charge is 2.24. The van der Waals surface area contributed by atoms with Crippen LogP contribution in [0.1, 0.15) is 29.4 Å². The molecule has 2 unspecified atom stereocenters. The van der Waals surface area contributed by atoms with E-state index >= 15 is 0 Å². The maximum absolute atomic E-state index is 10.5. The number of thiophene rings is 1. The van der Waals surface area contributed by atoms with Crippen LogP contribution < -0.4 is 10.5 Å². The molecule has 2 aromatic rings. The highest BCUT2D eigenvalue weighted by atomic mass is 35.5. The minimum atomic E-state index is -0.689. The van der Waals surface area contributed by atoms with E-state index in [1.165, 1.54) is 11.3 Å². The van der Waals surface area contributed by atoms with E-state index in [1.54, 1.807) is 6.07 Å². The van der Waals surface area contributed by atoms with Crippen LogP contribution in [0.5, 0.6) is 5.75 Å². The van der Waals surface area contributed by atoms with Crippen molar-refractivity contribution in [3.05, 3.63) is 51.2 Å². The van der Waals surface area contributed by atoms with Crippen molar-refractivity contribution in [3.63, 3.8) is 0 Å². The average Bonchev–Trinajstić information content (AvgIpc) is 2.88. The number of hydrogen-bond donors (Lipinski definition) is 2. The zero-order valence-corrected chi connectivity index (χ0v) is 12.8. The fraction of sp³-hybridized carbons (Fsp3) is 0.333. The molecule has 1 heterocycles. The number of hydrogen-bond acceptors (Lipinski definition) is 4. The minimum Gasteiger partial charge on any atom is -0.494 e. The Morgan fingerprint density at radius 1 is 1.30 bits per heavy atom. The molecule has 0 spiro atoms. The van der Waals surface area contributed by atoms with Crippen molar-refractivity contribution in [1.82, 2.24) is 0 Å². The van der Waals surface area contributed by atoms with Crippen molar-refractivity contribution >= 4 is 22.9 Å². The largest absolute Gasteiger partial charge is 0.494 e. The fourth-order valence-electron chi connectivity index (χ4n) is 2.12. The number of rotatable bonds is 6. The summed E-state index contributed by atoms with van der Waals surface area (Å²) in [5.74, 6) is 0.637. The molecule has 3 N–H and O–H groups in total. The summed E-state index contributed by atoms with van der Waals surface area (Å²) in [5.41, 5.74) is 6.81. The van der Waals surface area contributed by atoms with Gasteiger partial charge in [-0.1, -0.05) is 23.7 Å². The van der Waals surface area contributed by atoms with Gasteiger partial charge < -0.3 is 15.6 Å². The molecule has 108 valence electrons. The van der Waals surface area contributed by atoms with Crippen LogP contribution in [0, 0.1) is 0 Å². The monoisotopic (exact) mass is 311 g/mol. The molecular formula is C15H18ClNO2S. The fourth-order valence-corrected chi connectivity index (χ4v) is 3.34. The SMILES string of the molecule is CCOc1ccc(C(CN)C(O)c2sccc2Cl)cc1. The molecule has 0 aliphatic rings. The van der Waals surface area contributed by atoms with Gasteiger partial charge in [-0.25, -0.2) is 0 Å². The van der Waals surface area contributed by atoms with Crippen molar-refractivity contribution in [2.45, 2.75) is 18.9 Å². The van der Waals surface area contributed by atoms with Gasteiger partial charge >= 0.3 is 0 Å². The van der Waals surface area contributed by atoms with E-state index < -0.39 is 6.10 Å². The van der Waals surface area contributed by atoms with Crippen molar-refractivity contribution in [2.24, 2.45) is 5.73 Å². The molecule has 0 aliphatic carbocycles. The Labute approximate surface area is 128 Å². The van der Waals surface area contributed by atoms with Gasteiger partial charge in [0.05, 0.1) is 22.6 Å². The number of halogens is 1. The summed E-state index contributed by atoms with van der Waals surface area (Å²) in [6, 6.07) is 9.45. The molecule has 0 amide bonds. The van der Waals surface area contributed by atoms with Crippen molar-refractivity contribution < 1.29 is 9.84 Å². The summed E-state index contributed by atoms with van der Waals surface area (Å²) in [6.45, 7) is 2.93. The van der Waals surface area contributed by atoms with Gasteiger partial charge in [-0.05, 0) is 36.1 Å². The van der Waals surface area contributed by atoms with Crippen LogP contribution >= 0.6 is 22.9 Å². The van der Waals surface area contributed by atoms with Crippen LogP contribution in [0.15, 0.2) is 35.7 Å². The molecule has 1 aromatic carbocycles. The molecule has 2 atom stereocenters. The lowest BCUT2D eigenvalue weighted by molar-refractivity contribution is 0.151. The molecule has 5 heteroatoms. The summed E-state index contributed by atoms with van der Waals surface area (Å²) in [6.07, 6.45) is -0.689. The predicted molar refractivity (Wildman–Crippen MR) is 83.7 cm³/mol. The second-order valence-electron chi connectivity index (χ2n) is 4.42. The lowest BCUT2D eigenvalue weighted by atomic mass is 9.92. The van der Waals surface area contributed by atoms with E-state index in [1.807, 2.05) is 36.6 Å². The molecule has 2 rings (SSSR count). The molecule has 0 aliphatic heterocycles. The Bertz CT molecular complexity index is 541. The van der Waals surface area contributed by atoms with Crippen molar-refractivity contribution in [3.8, 4) is 5.75 Å². The van der Waals surface area contributed by atoms with Gasteiger partial charge in [0.2, 0.25) is 0 Å². The smallest absolute Gasteiger partial charge is 0.119 e. The van der Waals surface area contributed by atoms with Gasteiger partial charge in [0, 0.05) is 12.5 Å². The maximum atomic E-state index is 10.5. The zero-order chi connectivity index (χ0) is 14.5. The maximum Gasteiger partial charge on any atom is 0.119 e. The van der Waals surface area contributed by atoms with Gasteiger partial charge in [-0.2, -0.15) is 0 Å². The van der Waals surface area contributed by atoms with Crippen molar-refractivity contribution in [2.75, 3.05) is 13.2 Å². The van der Waals surface area contributed by atoms with Gasteiger partial charge in [0.15, 0.2) is 0 Å². The third kappa shape index (κ3) is 3.33. The molecule has 0 radical (unpaired) electrons. The zero-order valence-electron chi connectivity index (χ0n) is 11.3. The molecule has 0 saturated carbocycles. The summed E-state index contributed by atoms with van der Waals surface area (Å²) >= 11 is 7.52. The van der Waals surface area contributed by atoms with Crippen LogP contribution in [0.4, 0.5) is 0 Å². The standard InChI is InChI=1S/C15H18ClNO2S/c1-2-19-11-5-3-10(4-6-11)12(9-17)14(18)15-13(16)7-8-20-15/h3-8,12,14,18H,2,9,17H2,1H3. The van der Waals surface area contributed by atoms with Crippen LogP contribution in [-0.2, 0) is 0 Å². The number of nitrogens with two attached hydrogens (primary N) is 1. The molecule has 0 bridgehead atoms. The van der Waals surface area contributed by atoms with Gasteiger partial charge in [-0.3, -0.25) is 0 Å². The normalized spacial score (nSPS) is 14.0. The summed E-state index contributed by atoms with van der Waals surface area (Å²) in [4.78, 5) is 0.760. The average molecular weight is 312 g/mol. The minimum absolute atomic E-state index is 0.179. The third-order valence-corrected chi connectivity index (χ3v) is 4.60. The molecule has 1 aromatic heterocycles. The van der Waals surface area contributed by atoms with E-state index in [0.717, 1.165) is 16.2 Å². The van der Waals surface area contributed by atoms with E-state index in [4.69, 9.17) is 22.1 Å². The summed E-state index contributed by atoms with van der Waals surface area (Å²) in [7, 11) is 0. The van der Waals surface area contributed by atoms with Crippen LogP contribution in [0.3, 0.4) is 0 Å². The summed E-state index contributed by atoms with van der Waals surface area (Å²) < 4.78 is 5.41. The predicted octanol–water partition coefficient (Wildman–Crippen LogP) is 3.58. The highest BCUT2D eigenvalue weighted by molar-refractivity contribution is 7.10. The molecule has 3 nitrogen and oxygen atoms in total. The molecule has 0 fully saturated rings. The molecule has 20 heavy (non-hydrogen) atoms. The lowest BCUT2D eigenvalue weighted by Crippen LogP contribution is -2.19. The van der Waals surface area contributed by atoms with E-state index in [0.29, 0.717) is 18.2 Å². The Kier molecular flexibility index (Phi) is 5.43. The molecular weight excluding hydrogens is 294 g/mol. The first-order valence-corrected chi connectivity index (χ1v) is 7.77. The Balaban J connectivity index is 2.21. The first kappa shape index (κ1) is 15.3. The van der Waals surface area contributed by atoms with Gasteiger partial charge in [-0.15, -0.1) is 11.3 Å². The second-order valence-corrected chi connectivity index (χ2v) is 5.78. The third-order valence-electron chi connectivity index (χ3n) is 3.17. The van der Waals surface area contributed by atoms with Gasteiger partial charge in [0.25, 0.3) is 0 Å². The van der Waals surface area contributed by atoms with Gasteiger partial charge in [0.1, 0.15) is 5.75 Å². The first-order valence-electron chi connectivity index (χ1n) is 6.51. The highest BCUT2D eigenvalue weighted by Crippen LogP contribution is 2.37. The van der Waals surface area contributed by atoms with E-state index in [-0.39, 0.29) is 5.92 Å². The number of ether oxygens (including phenoxy) is 1. The van der Waals surface area contributed by atoms with Crippen LogP contribution in [-0.4, -0.2) is 18.3 Å². The Morgan fingerprint density at radius 2 is 2.00 bits per heavy atom. The van der Waals surface area contributed by atoms with Crippen LogP contribution in [0.25, 0.3) is 0 Å². The Hall–Kier alpha value is -1.07. The Morgan fingerprint density at radius 3 is 2.50 bits per heavy atom. The van der Waals surface area contributed by atoms with E-state index in [2.05, 4.69) is 0 Å².